The minimum atomic E-state index is -0.0547. The number of piperidine rings is 1. The average molecular weight is 209 g/mol. The molecule has 1 saturated carbocycles. The molecule has 1 atom stereocenters. The Labute approximate surface area is 92.8 Å². The van der Waals surface area contributed by atoms with Crippen LogP contribution >= 0.6 is 0 Å². The molecular formula is C13H23NO. The first-order chi connectivity index (χ1) is 7.21. The Balaban J connectivity index is 1.87. The van der Waals surface area contributed by atoms with Gasteiger partial charge >= 0.3 is 0 Å². The van der Waals surface area contributed by atoms with E-state index in [0.717, 1.165) is 32.4 Å². The summed E-state index contributed by atoms with van der Waals surface area (Å²) in [5, 5.41) is 3.36. The summed E-state index contributed by atoms with van der Waals surface area (Å²) in [6.07, 6.45) is 8.35. The van der Waals surface area contributed by atoms with E-state index in [1.165, 1.54) is 25.7 Å². The predicted molar refractivity (Wildman–Crippen MR) is 61.8 cm³/mol. The van der Waals surface area contributed by atoms with Crippen LogP contribution in [0.1, 0.15) is 51.9 Å². The number of carbonyl (C=O) groups excluding carboxylic acids is 1. The number of Topliss-reactive ketones (excluding diaryl/α,β-unsaturated/α-hetero) is 1. The molecule has 86 valence electrons. The molecule has 0 aromatic heterocycles. The summed E-state index contributed by atoms with van der Waals surface area (Å²) >= 11 is 0. The van der Waals surface area contributed by atoms with Gasteiger partial charge in [0.05, 0.1) is 0 Å². The molecule has 1 aliphatic heterocycles. The van der Waals surface area contributed by atoms with E-state index in [4.69, 9.17) is 0 Å². The van der Waals surface area contributed by atoms with E-state index >= 15 is 0 Å². The van der Waals surface area contributed by atoms with Crippen molar-refractivity contribution in [2.75, 3.05) is 13.1 Å². The topological polar surface area (TPSA) is 29.1 Å². The van der Waals surface area contributed by atoms with Crippen molar-refractivity contribution in [3.63, 3.8) is 0 Å². The third-order valence-corrected chi connectivity index (χ3v) is 4.22. The van der Waals surface area contributed by atoms with E-state index in [1.807, 2.05) is 0 Å². The van der Waals surface area contributed by atoms with Gasteiger partial charge in [-0.1, -0.05) is 32.6 Å². The smallest absolute Gasteiger partial charge is 0.140 e. The molecule has 0 aromatic carbocycles. The molecule has 1 saturated heterocycles. The summed E-state index contributed by atoms with van der Waals surface area (Å²) < 4.78 is 0. The summed E-state index contributed by atoms with van der Waals surface area (Å²) in [6.45, 7) is 4.14. The number of hydrogen-bond donors (Lipinski definition) is 1. The molecule has 1 N–H and O–H groups in total. The Kier molecular flexibility index (Phi) is 3.45. The van der Waals surface area contributed by atoms with Gasteiger partial charge in [-0.15, -0.1) is 0 Å². The lowest BCUT2D eigenvalue weighted by Gasteiger charge is -2.33. The first-order valence-corrected chi connectivity index (χ1v) is 6.45. The van der Waals surface area contributed by atoms with Crippen molar-refractivity contribution in [1.82, 2.24) is 5.32 Å². The van der Waals surface area contributed by atoms with Crippen LogP contribution in [0.3, 0.4) is 0 Å². The molecule has 15 heavy (non-hydrogen) atoms. The molecule has 0 bridgehead atoms. The molecule has 2 heteroatoms. The van der Waals surface area contributed by atoms with Crippen molar-refractivity contribution < 1.29 is 4.79 Å². The fourth-order valence-electron chi connectivity index (χ4n) is 3.02. The van der Waals surface area contributed by atoms with Gasteiger partial charge in [0.15, 0.2) is 0 Å². The van der Waals surface area contributed by atoms with Crippen LogP contribution in [0.25, 0.3) is 0 Å². The van der Waals surface area contributed by atoms with E-state index < -0.39 is 0 Å². The van der Waals surface area contributed by atoms with Crippen LogP contribution in [0, 0.1) is 11.3 Å². The highest BCUT2D eigenvalue weighted by atomic mass is 16.1. The molecule has 1 unspecified atom stereocenters. The Morgan fingerprint density at radius 1 is 1.33 bits per heavy atom. The number of nitrogens with one attached hydrogen (secondary N) is 1. The Hall–Kier alpha value is -0.370. The second kappa shape index (κ2) is 4.65. The zero-order valence-corrected chi connectivity index (χ0v) is 9.85. The van der Waals surface area contributed by atoms with Gasteiger partial charge in [0.2, 0.25) is 0 Å². The van der Waals surface area contributed by atoms with Crippen molar-refractivity contribution >= 4 is 5.78 Å². The van der Waals surface area contributed by atoms with Gasteiger partial charge in [0.1, 0.15) is 5.78 Å². The van der Waals surface area contributed by atoms with E-state index in [0.29, 0.717) is 11.7 Å². The van der Waals surface area contributed by atoms with Gasteiger partial charge in [-0.2, -0.15) is 0 Å². The maximum atomic E-state index is 12.2. The summed E-state index contributed by atoms with van der Waals surface area (Å²) in [4.78, 5) is 12.2. The van der Waals surface area contributed by atoms with Crippen molar-refractivity contribution in [3.8, 4) is 0 Å². The molecular weight excluding hydrogens is 186 g/mol. The van der Waals surface area contributed by atoms with Gasteiger partial charge < -0.3 is 5.32 Å². The molecule has 2 nitrogen and oxygen atoms in total. The lowest BCUT2D eigenvalue weighted by atomic mass is 9.76. The molecule has 2 fully saturated rings. The van der Waals surface area contributed by atoms with Crippen molar-refractivity contribution in [2.24, 2.45) is 11.3 Å². The van der Waals surface area contributed by atoms with Crippen molar-refractivity contribution in [2.45, 2.75) is 51.9 Å². The van der Waals surface area contributed by atoms with Gasteiger partial charge in [0, 0.05) is 18.4 Å². The summed E-state index contributed by atoms with van der Waals surface area (Å²) in [7, 11) is 0. The maximum absolute atomic E-state index is 12.2. The van der Waals surface area contributed by atoms with Crippen molar-refractivity contribution in [1.29, 1.82) is 0 Å². The van der Waals surface area contributed by atoms with Crippen LogP contribution in [-0.2, 0) is 4.79 Å². The lowest BCUT2D eigenvalue weighted by Crippen LogP contribution is -2.43. The van der Waals surface area contributed by atoms with Crippen LogP contribution in [-0.4, -0.2) is 18.9 Å². The molecule has 1 heterocycles. The lowest BCUT2D eigenvalue weighted by molar-refractivity contribution is -0.129. The molecule has 0 amide bonds. The zero-order valence-electron chi connectivity index (χ0n) is 9.85. The highest BCUT2D eigenvalue weighted by Crippen LogP contribution is 2.34. The van der Waals surface area contributed by atoms with Gasteiger partial charge in [-0.3, -0.25) is 4.79 Å². The fraction of sp³-hybridized carbons (Fsp3) is 0.923. The first kappa shape index (κ1) is 11.1. The second-order valence-corrected chi connectivity index (χ2v) is 5.62. The normalized spacial score (nSPS) is 33.1. The van der Waals surface area contributed by atoms with Gasteiger partial charge in [-0.25, -0.2) is 0 Å². The molecule has 0 radical (unpaired) electrons. The van der Waals surface area contributed by atoms with E-state index in [9.17, 15) is 4.79 Å². The van der Waals surface area contributed by atoms with Crippen LogP contribution in [0.2, 0.25) is 0 Å². The quantitative estimate of drug-likeness (QED) is 0.774. The Morgan fingerprint density at radius 2 is 2.07 bits per heavy atom. The van der Waals surface area contributed by atoms with E-state index in [1.54, 1.807) is 0 Å². The third kappa shape index (κ3) is 2.60. The van der Waals surface area contributed by atoms with Crippen molar-refractivity contribution in [3.05, 3.63) is 0 Å². The standard InChI is InChI=1S/C13H23NO/c1-13(7-4-8-14-10-13)12(15)9-11-5-2-3-6-11/h11,14H,2-10H2,1H3. The highest BCUT2D eigenvalue weighted by Gasteiger charge is 2.35. The number of ketones is 1. The molecule has 2 rings (SSSR count). The summed E-state index contributed by atoms with van der Waals surface area (Å²) in [6, 6.07) is 0. The van der Waals surface area contributed by atoms with Crippen LogP contribution in [0.4, 0.5) is 0 Å². The van der Waals surface area contributed by atoms with Crippen LogP contribution < -0.4 is 5.32 Å². The van der Waals surface area contributed by atoms with E-state index in [2.05, 4.69) is 12.2 Å². The maximum Gasteiger partial charge on any atom is 0.140 e. The van der Waals surface area contributed by atoms with Gasteiger partial charge in [-0.05, 0) is 25.3 Å². The second-order valence-electron chi connectivity index (χ2n) is 5.62. The van der Waals surface area contributed by atoms with Crippen LogP contribution in [0.15, 0.2) is 0 Å². The number of hydrogen-bond acceptors (Lipinski definition) is 2. The average Bonchev–Trinajstić information content (AvgIpc) is 2.71. The molecule has 0 aromatic rings. The molecule has 1 aliphatic carbocycles. The van der Waals surface area contributed by atoms with Crippen LogP contribution in [0.5, 0.6) is 0 Å². The summed E-state index contributed by atoms with van der Waals surface area (Å²) in [5.74, 6) is 1.22. The first-order valence-electron chi connectivity index (χ1n) is 6.45. The Morgan fingerprint density at radius 3 is 2.67 bits per heavy atom. The molecule has 0 spiro atoms. The summed E-state index contributed by atoms with van der Waals surface area (Å²) in [5.41, 5.74) is -0.0547. The highest BCUT2D eigenvalue weighted by molar-refractivity contribution is 5.85. The Bertz CT molecular complexity index is 225. The minimum Gasteiger partial charge on any atom is -0.316 e. The zero-order chi connectivity index (χ0) is 10.7. The van der Waals surface area contributed by atoms with Gasteiger partial charge in [0.25, 0.3) is 0 Å². The number of rotatable bonds is 3. The molecule has 2 aliphatic rings. The van der Waals surface area contributed by atoms with E-state index in [-0.39, 0.29) is 5.41 Å². The monoisotopic (exact) mass is 209 g/mol. The fourth-order valence-corrected chi connectivity index (χ4v) is 3.02. The predicted octanol–water partition coefficient (Wildman–Crippen LogP) is 2.53. The SMILES string of the molecule is CC1(C(=O)CC2CCCC2)CCCNC1. The third-order valence-electron chi connectivity index (χ3n) is 4.22. The largest absolute Gasteiger partial charge is 0.316 e. The number of carbonyl (C=O) groups is 1. The minimum absolute atomic E-state index is 0.0547.